The Kier molecular flexibility index (Phi) is 5.97. The van der Waals surface area contributed by atoms with Crippen molar-refractivity contribution in [3.05, 3.63) is 40.1 Å². The van der Waals surface area contributed by atoms with Crippen molar-refractivity contribution < 1.29 is 14.3 Å². The van der Waals surface area contributed by atoms with Crippen LogP contribution in [0.25, 0.3) is 5.57 Å². The average molecular weight is 384 g/mol. The SMILES string of the molecule is CCc1cc(C)cc(CC)c1C1=C(OC(=O)N(C)C)C2(CCCCC2)CC1=O. The number of ketones is 1. The van der Waals surface area contributed by atoms with E-state index in [9.17, 15) is 9.59 Å². The normalized spacial score (nSPS) is 18.7. The summed E-state index contributed by atoms with van der Waals surface area (Å²) in [4.78, 5) is 27.3. The smallest absolute Gasteiger partial charge is 0.413 e. The summed E-state index contributed by atoms with van der Waals surface area (Å²) in [6.07, 6.45) is 6.97. The molecule has 1 aromatic carbocycles. The molecule has 1 amide bonds. The van der Waals surface area contributed by atoms with Crippen molar-refractivity contribution in [2.24, 2.45) is 5.41 Å². The number of carbonyl (C=O) groups is 2. The van der Waals surface area contributed by atoms with Gasteiger partial charge >= 0.3 is 6.09 Å². The Labute approximate surface area is 168 Å². The molecule has 0 saturated heterocycles. The van der Waals surface area contributed by atoms with Gasteiger partial charge in [-0.15, -0.1) is 0 Å². The number of rotatable bonds is 4. The summed E-state index contributed by atoms with van der Waals surface area (Å²) in [5.74, 6) is 0.779. The van der Waals surface area contributed by atoms with E-state index in [0.29, 0.717) is 17.8 Å². The lowest BCUT2D eigenvalue weighted by molar-refractivity contribution is -0.114. The lowest BCUT2D eigenvalue weighted by atomic mass is 9.72. The first-order valence-electron chi connectivity index (χ1n) is 10.6. The highest BCUT2D eigenvalue weighted by Crippen LogP contribution is 2.54. The zero-order valence-corrected chi connectivity index (χ0v) is 18.0. The third kappa shape index (κ3) is 3.61. The predicted molar refractivity (Wildman–Crippen MR) is 112 cm³/mol. The minimum absolute atomic E-state index is 0.136. The fourth-order valence-electron chi connectivity index (χ4n) is 4.91. The van der Waals surface area contributed by atoms with E-state index in [1.54, 1.807) is 14.1 Å². The van der Waals surface area contributed by atoms with Crippen molar-refractivity contribution in [2.75, 3.05) is 14.1 Å². The molecule has 1 fully saturated rings. The Morgan fingerprint density at radius 2 is 1.64 bits per heavy atom. The van der Waals surface area contributed by atoms with Crippen LogP contribution in [0.3, 0.4) is 0 Å². The van der Waals surface area contributed by atoms with E-state index in [-0.39, 0.29) is 11.2 Å². The van der Waals surface area contributed by atoms with Crippen LogP contribution in [0.4, 0.5) is 4.79 Å². The van der Waals surface area contributed by atoms with Crippen molar-refractivity contribution in [1.82, 2.24) is 4.90 Å². The minimum Gasteiger partial charge on any atom is -0.413 e. The first-order valence-corrected chi connectivity index (χ1v) is 10.6. The zero-order chi connectivity index (χ0) is 20.5. The first kappa shape index (κ1) is 20.6. The Hall–Kier alpha value is -2.10. The van der Waals surface area contributed by atoms with E-state index in [2.05, 4.69) is 32.9 Å². The summed E-state index contributed by atoms with van der Waals surface area (Å²) in [6, 6.07) is 4.35. The minimum atomic E-state index is -0.393. The van der Waals surface area contributed by atoms with Crippen molar-refractivity contribution in [3.8, 4) is 0 Å². The van der Waals surface area contributed by atoms with Gasteiger partial charge in [-0.05, 0) is 49.3 Å². The lowest BCUT2D eigenvalue weighted by Crippen LogP contribution is -2.30. The maximum Gasteiger partial charge on any atom is 0.414 e. The van der Waals surface area contributed by atoms with Crippen LogP contribution in [0, 0.1) is 12.3 Å². The largest absolute Gasteiger partial charge is 0.414 e. The molecule has 0 atom stereocenters. The Bertz CT molecular complexity index is 788. The number of ether oxygens (including phenoxy) is 1. The molecular weight excluding hydrogens is 350 g/mol. The van der Waals surface area contributed by atoms with Crippen LogP contribution in [0.5, 0.6) is 0 Å². The summed E-state index contributed by atoms with van der Waals surface area (Å²) in [5.41, 5.74) is 4.94. The maximum atomic E-state index is 13.4. The molecule has 1 saturated carbocycles. The van der Waals surface area contributed by atoms with Gasteiger partial charge in [0.1, 0.15) is 5.76 Å². The monoisotopic (exact) mass is 383 g/mol. The van der Waals surface area contributed by atoms with Gasteiger partial charge in [-0.3, -0.25) is 4.79 Å². The van der Waals surface area contributed by atoms with Crippen LogP contribution in [0.1, 0.15) is 74.6 Å². The molecule has 0 radical (unpaired) electrons. The van der Waals surface area contributed by atoms with E-state index in [0.717, 1.165) is 44.1 Å². The highest BCUT2D eigenvalue weighted by atomic mass is 16.6. The Morgan fingerprint density at radius 1 is 1.07 bits per heavy atom. The molecule has 2 aliphatic rings. The van der Waals surface area contributed by atoms with E-state index in [4.69, 9.17) is 4.74 Å². The molecule has 2 aliphatic carbocycles. The summed E-state index contributed by atoms with van der Waals surface area (Å²) in [6.45, 7) is 6.35. The molecule has 0 heterocycles. The van der Waals surface area contributed by atoms with Crippen molar-refractivity contribution in [3.63, 3.8) is 0 Å². The number of benzene rings is 1. The molecule has 0 bridgehead atoms. The second-order valence-electron chi connectivity index (χ2n) is 8.57. The fraction of sp³-hybridized carbons (Fsp3) is 0.583. The molecule has 1 aromatic rings. The topological polar surface area (TPSA) is 46.6 Å². The van der Waals surface area contributed by atoms with Gasteiger partial charge in [-0.25, -0.2) is 4.79 Å². The number of amides is 1. The average Bonchev–Trinajstić information content (AvgIpc) is 2.92. The highest BCUT2D eigenvalue weighted by Gasteiger charge is 2.49. The van der Waals surface area contributed by atoms with Gasteiger partial charge in [0.25, 0.3) is 0 Å². The molecule has 4 heteroatoms. The van der Waals surface area contributed by atoms with Crippen molar-refractivity contribution >= 4 is 17.4 Å². The summed E-state index contributed by atoms with van der Waals surface area (Å²) >= 11 is 0. The van der Waals surface area contributed by atoms with E-state index >= 15 is 0 Å². The van der Waals surface area contributed by atoms with Crippen molar-refractivity contribution in [2.45, 2.75) is 72.1 Å². The molecule has 3 rings (SSSR count). The molecule has 0 unspecified atom stereocenters. The third-order valence-corrected chi connectivity index (χ3v) is 6.31. The third-order valence-electron chi connectivity index (χ3n) is 6.31. The number of nitrogens with zero attached hydrogens (tertiary/aromatic N) is 1. The molecule has 28 heavy (non-hydrogen) atoms. The van der Waals surface area contributed by atoms with Gasteiger partial charge in [-0.1, -0.05) is 50.8 Å². The summed E-state index contributed by atoms with van der Waals surface area (Å²) in [7, 11) is 3.38. The van der Waals surface area contributed by atoms with E-state index < -0.39 is 6.09 Å². The molecule has 4 nitrogen and oxygen atoms in total. The number of carbonyl (C=O) groups excluding carboxylic acids is 2. The number of aryl methyl sites for hydroxylation is 3. The maximum absolute atomic E-state index is 13.4. The van der Waals surface area contributed by atoms with Gasteiger partial charge in [0.2, 0.25) is 0 Å². The van der Waals surface area contributed by atoms with Gasteiger partial charge in [0.05, 0.1) is 5.57 Å². The quantitative estimate of drug-likeness (QED) is 0.694. The predicted octanol–water partition coefficient (Wildman–Crippen LogP) is 5.45. The second-order valence-corrected chi connectivity index (χ2v) is 8.57. The molecule has 152 valence electrons. The van der Waals surface area contributed by atoms with Crippen LogP contribution in [-0.4, -0.2) is 30.9 Å². The van der Waals surface area contributed by atoms with Crippen LogP contribution in [-0.2, 0) is 22.4 Å². The zero-order valence-electron chi connectivity index (χ0n) is 18.0. The van der Waals surface area contributed by atoms with Crippen molar-refractivity contribution in [1.29, 1.82) is 0 Å². The lowest BCUT2D eigenvalue weighted by Gasteiger charge is -2.35. The molecule has 0 N–H and O–H groups in total. The number of hydrogen-bond acceptors (Lipinski definition) is 3. The fourth-order valence-corrected chi connectivity index (χ4v) is 4.91. The van der Waals surface area contributed by atoms with Crippen LogP contribution < -0.4 is 0 Å². The van der Waals surface area contributed by atoms with Gasteiger partial charge in [0.15, 0.2) is 5.78 Å². The second kappa shape index (κ2) is 8.10. The van der Waals surface area contributed by atoms with E-state index in [1.807, 2.05) is 0 Å². The number of hydrogen-bond donors (Lipinski definition) is 0. The standard InChI is InChI=1S/C24H33NO3/c1-6-17-13-16(3)14-18(7-2)20(17)21-19(26)15-24(11-9-8-10-12-24)22(21)28-23(27)25(4)5/h13-14H,6-12,15H2,1-5H3. The van der Waals surface area contributed by atoms with Gasteiger partial charge in [-0.2, -0.15) is 0 Å². The Morgan fingerprint density at radius 3 is 2.14 bits per heavy atom. The molecule has 1 spiro atoms. The molecular formula is C24H33NO3. The van der Waals surface area contributed by atoms with Crippen LogP contribution in [0.2, 0.25) is 0 Å². The van der Waals surface area contributed by atoms with E-state index in [1.165, 1.54) is 28.0 Å². The summed E-state index contributed by atoms with van der Waals surface area (Å²) in [5, 5.41) is 0. The van der Waals surface area contributed by atoms with Gasteiger partial charge in [0, 0.05) is 25.9 Å². The van der Waals surface area contributed by atoms with Gasteiger partial charge < -0.3 is 9.64 Å². The first-order chi connectivity index (χ1) is 13.3. The number of Topliss-reactive ketones (excluding diaryl/α,β-unsaturated/α-hetero) is 1. The van der Waals surface area contributed by atoms with Crippen LogP contribution in [0.15, 0.2) is 17.9 Å². The number of allylic oxidation sites excluding steroid dienone is 2. The summed E-state index contributed by atoms with van der Waals surface area (Å²) < 4.78 is 5.98. The molecule has 0 aromatic heterocycles. The van der Waals surface area contributed by atoms with Crippen LogP contribution >= 0.6 is 0 Å². The molecule has 0 aliphatic heterocycles. The Balaban J connectivity index is 2.25. The highest BCUT2D eigenvalue weighted by molar-refractivity contribution is 6.25.